The molecule has 0 saturated heterocycles. The minimum atomic E-state index is -4.59. The van der Waals surface area contributed by atoms with Gasteiger partial charge in [-0.25, -0.2) is 0 Å². The third-order valence-corrected chi connectivity index (χ3v) is 4.71. The quantitative estimate of drug-likeness (QED) is 0.277. The number of hydrogen-bond acceptors (Lipinski definition) is 7. The van der Waals surface area contributed by atoms with Crippen LogP contribution in [0.4, 0.5) is 32.3 Å². The molecule has 0 amide bonds. The Kier molecular flexibility index (Phi) is 10.0. The summed E-state index contributed by atoms with van der Waals surface area (Å²) in [6.07, 6.45) is -12.5. The molecular formula is C17H23F6N3O6. The molecule has 32 heavy (non-hydrogen) atoms. The van der Waals surface area contributed by atoms with E-state index in [1.807, 2.05) is 0 Å². The fourth-order valence-electron chi connectivity index (χ4n) is 3.01. The van der Waals surface area contributed by atoms with E-state index >= 15 is 0 Å². The zero-order valence-corrected chi connectivity index (χ0v) is 17.0. The summed E-state index contributed by atoms with van der Waals surface area (Å²) < 4.78 is 72.8. The van der Waals surface area contributed by atoms with E-state index in [0.717, 1.165) is 0 Å². The molecule has 0 saturated carbocycles. The van der Waals surface area contributed by atoms with Crippen LogP contribution in [0, 0.1) is 11.3 Å². The molecule has 9 nitrogen and oxygen atoms in total. The van der Waals surface area contributed by atoms with Gasteiger partial charge in [-0.3, -0.25) is 9.59 Å². The highest BCUT2D eigenvalue weighted by Crippen LogP contribution is 2.45. The number of hydrogen-bond donors (Lipinski definition) is 5. The van der Waals surface area contributed by atoms with Gasteiger partial charge in [0.15, 0.2) is 5.92 Å². The molecule has 0 aliphatic heterocycles. The predicted molar refractivity (Wildman–Crippen MR) is 96.6 cm³/mol. The molecular weight excluding hydrogens is 456 g/mol. The van der Waals surface area contributed by atoms with Gasteiger partial charge >= 0.3 is 24.3 Å². The van der Waals surface area contributed by atoms with E-state index in [2.05, 4.69) is 9.97 Å². The Morgan fingerprint density at radius 2 is 1.31 bits per heavy atom. The standard InChI is InChI=1S/C10H15F3O4.C7H8F3N3O2/c1-3-9(4-2,5-10(11,12)13)6(7(14)15)8(16)17;8-7(9,10)2-1-3-4(14)12-6(11)13-5(3)15/h6H,3-5H2,1-2H3,(H,14,15)(H,16,17);1-2H2,(H4,11,12,13,14,15). The number of aromatic hydroxyl groups is 2. The average Bonchev–Trinajstić information content (AvgIpc) is 2.57. The lowest BCUT2D eigenvalue weighted by molar-refractivity contribution is -0.183. The summed E-state index contributed by atoms with van der Waals surface area (Å²) in [4.78, 5) is 28.1. The van der Waals surface area contributed by atoms with Gasteiger partial charge in [0.25, 0.3) is 0 Å². The molecule has 0 spiro atoms. The van der Waals surface area contributed by atoms with Gasteiger partial charge in [-0.2, -0.15) is 36.3 Å². The Hall–Kier alpha value is -3.00. The molecule has 1 aromatic heterocycles. The number of carboxylic acids is 2. The Morgan fingerprint density at radius 1 is 0.906 bits per heavy atom. The number of anilines is 1. The first-order chi connectivity index (χ1) is 14.4. The summed E-state index contributed by atoms with van der Waals surface area (Å²) in [5, 5.41) is 35.8. The van der Waals surface area contributed by atoms with Gasteiger partial charge in [0.05, 0.1) is 12.0 Å². The Labute approximate surface area is 177 Å². The van der Waals surface area contributed by atoms with Crippen molar-refractivity contribution < 1.29 is 56.4 Å². The second-order valence-electron chi connectivity index (χ2n) is 6.79. The van der Waals surface area contributed by atoms with Gasteiger partial charge in [0.2, 0.25) is 17.7 Å². The van der Waals surface area contributed by atoms with Crippen molar-refractivity contribution in [2.45, 2.75) is 58.3 Å². The number of aliphatic carboxylic acids is 2. The zero-order chi connectivity index (χ0) is 25.5. The van der Waals surface area contributed by atoms with Crippen LogP contribution in [-0.4, -0.2) is 54.7 Å². The van der Waals surface area contributed by atoms with Crippen LogP contribution in [-0.2, 0) is 16.0 Å². The topological polar surface area (TPSA) is 167 Å². The van der Waals surface area contributed by atoms with Crippen molar-refractivity contribution in [3.63, 3.8) is 0 Å². The van der Waals surface area contributed by atoms with Gasteiger partial charge in [0.1, 0.15) is 0 Å². The maximum Gasteiger partial charge on any atom is 0.389 e. The normalized spacial score (nSPS) is 12.3. The van der Waals surface area contributed by atoms with Gasteiger partial charge in [0, 0.05) is 11.8 Å². The lowest BCUT2D eigenvalue weighted by atomic mass is 9.68. The van der Waals surface area contributed by atoms with Crippen molar-refractivity contribution in [1.82, 2.24) is 9.97 Å². The third-order valence-electron chi connectivity index (χ3n) is 4.71. The van der Waals surface area contributed by atoms with Crippen LogP contribution in [0.25, 0.3) is 0 Å². The zero-order valence-electron chi connectivity index (χ0n) is 17.0. The summed E-state index contributed by atoms with van der Waals surface area (Å²) in [6, 6.07) is 0. The highest BCUT2D eigenvalue weighted by Gasteiger charge is 2.51. The number of rotatable bonds is 8. The molecule has 6 N–H and O–H groups in total. The second kappa shape index (κ2) is 11.0. The van der Waals surface area contributed by atoms with E-state index < -0.39 is 72.6 Å². The van der Waals surface area contributed by atoms with Gasteiger partial charge in [-0.15, -0.1) is 0 Å². The smallest absolute Gasteiger partial charge is 0.389 e. The van der Waals surface area contributed by atoms with Crippen LogP contribution in [0.3, 0.4) is 0 Å². The summed E-state index contributed by atoms with van der Waals surface area (Å²) in [5.74, 6) is -7.37. The number of nitrogen functional groups attached to an aromatic ring is 1. The van der Waals surface area contributed by atoms with Crippen LogP contribution in [0.15, 0.2) is 0 Å². The van der Waals surface area contributed by atoms with Crippen molar-refractivity contribution in [3.05, 3.63) is 5.56 Å². The second-order valence-corrected chi connectivity index (χ2v) is 6.79. The first-order valence-corrected chi connectivity index (χ1v) is 9.02. The SMILES string of the molecule is CCC(CC)(CC(F)(F)F)C(C(=O)O)C(=O)O.Nc1nc(O)c(CCC(F)(F)F)c(O)n1. The lowest BCUT2D eigenvalue weighted by Gasteiger charge is -2.35. The fraction of sp³-hybridized carbons (Fsp3) is 0.647. The van der Waals surface area contributed by atoms with E-state index in [-0.39, 0.29) is 18.4 Å². The Morgan fingerprint density at radius 3 is 1.59 bits per heavy atom. The summed E-state index contributed by atoms with van der Waals surface area (Å²) in [6.45, 7) is 2.74. The molecule has 1 aromatic rings. The number of alkyl halides is 6. The number of nitrogens with zero attached hydrogens (tertiary/aromatic N) is 2. The molecule has 0 atom stereocenters. The lowest BCUT2D eigenvalue weighted by Crippen LogP contribution is -2.43. The number of carbonyl (C=O) groups is 2. The molecule has 15 heteroatoms. The van der Waals surface area contributed by atoms with E-state index in [4.69, 9.17) is 26.2 Å². The van der Waals surface area contributed by atoms with Crippen molar-refractivity contribution in [2.24, 2.45) is 11.3 Å². The molecule has 0 fully saturated rings. The molecule has 0 radical (unpaired) electrons. The maximum absolute atomic E-state index is 12.4. The Bertz CT molecular complexity index is 759. The summed E-state index contributed by atoms with van der Waals surface area (Å²) >= 11 is 0. The van der Waals surface area contributed by atoms with Crippen LogP contribution < -0.4 is 5.73 Å². The van der Waals surface area contributed by atoms with E-state index in [0.29, 0.717) is 0 Å². The largest absolute Gasteiger partial charge is 0.493 e. The number of carboxylic acid groups (broad SMARTS) is 2. The fourth-order valence-corrected chi connectivity index (χ4v) is 3.01. The van der Waals surface area contributed by atoms with Crippen molar-refractivity contribution in [1.29, 1.82) is 0 Å². The summed E-state index contributed by atoms with van der Waals surface area (Å²) in [7, 11) is 0. The van der Waals surface area contributed by atoms with Crippen molar-refractivity contribution in [2.75, 3.05) is 5.73 Å². The van der Waals surface area contributed by atoms with Crippen LogP contribution in [0.2, 0.25) is 0 Å². The van der Waals surface area contributed by atoms with Crippen LogP contribution in [0.5, 0.6) is 11.8 Å². The highest BCUT2D eigenvalue weighted by atomic mass is 19.4. The molecule has 1 heterocycles. The van der Waals surface area contributed by atoms with Crippen molar-refractivity contribution >= 4 is 17.9 Å². The highest BCUT2D eigenvalue weighted by molar-refractivity contribution is 5.93. The van der Waals surface area contributed by atoms with Gasteiger partial charge in [-0.1, -0.05) is 13.8 Å². The molecule has 1 rings (SSSR count). The minimum Gasteiger partial charge on any atom is -0.493 e. The van der Waals surface area contributed by atoms with E-state index in [1.54, 1.807) is 0 Å². The maximum atomic E-state index is 12.4. The molecule has 0 aliphatic rings. The van der Waals surface area contributed by atoms with Crippen LogP contribution >= 0.6 is 0 Å². The molecule has 0 aliphatic carbocycles. The third kappa shape index (κ3) is 9.01. The predicted octanol–water partition coefficient (Wildman–Crippen LogP) is 3.50. The average molecular weight is 479 g/mol. The minimum absolute atomic E-state index is 0.160. The number of nitrogens with two attached hydrogens (primary N) is 1. The molecule has 0 unspecified atom stereocenters. The van der Waals surface area contributed by atoms with Gasteiger partial charge in [-0.05, 0) is 19.3 Å². The number of aromatic nitrogens is 2. The molecule has 184 valence electrons. The first kappa shape index (κ1) is 29.0. The van der Waals surface area contributed by atoms with Crippen LogP contribution in [0.1, 0.15) is 45.1 Å². The van der Waals surface area contributed by atoms with Gasteiger partial charge < -0.3 is 26.2 Å². The first-order valence-electron chi connectivity index (χ1n) is 9.02. The Balaban J connectivity index is 0.000000604. The molecule has 0 bridgehead atoms. The monoisotopic (exact) mass is 479 g/mol. The molecule has 0 aromatic carbocycles. The van der Waals surface area contributed by atoms with E-state index in [1.165, 1.54) is 13.8 Å². The number of halogens is 6. The van der Waals surface area contributed by atoms with E-state index in [9.17, 15) is 35.9 Å². The summed E-state index contributed by atoms with van der Waals surface area (Å²) in [5.41, 5.74) is 2.89. The van der Waals surface area contributed by atoms with Crippen molar-refractivity contribution in [3.8, 4) is 11.8 Å².